The molecule has 23 heavy (non-hydrogen) atoms. The second-order valence-corrected chi connectivity index (χ2v) is 4.79. The lowest BCUT2D eigenvalue weighted by atomic mass is 10.2. The number of carbonyl (C=O) groups excluding carboxylic acids is 1. The smallest absolute Gasteiger partial charge is 0.289 e. The summed E-state index contributed by atoms with van der Waals surface area (Å²) < 4.78 is 0. The number of halogens is 1. The van der Waals surface area contributed by atoms with Crippen LogP contribution in [0.5, 0.6) is 0 Å². The predicted octanol–water partition coefficient (Wildman–Crippen LogP) is 1.91. The zero-order chi connectivity index (χ0) is 17.4. The molecule has 0 radical (unpaired) electrons. The van der Waals surface area contributed by atoms with E-state index in [1.807, 2.05) is 6.92 Å². The van der Waals surface area contributed by atoms with Crippen LogP contribution in [0.1, 0.15) is 6.92 Å². The van der Waals surface area contributed by atoms with Gasteiger partial charge in [-0.1, -0.05) is 11.6 Å². The minimum Gasteiger partial charge on any atom is -0.395 e. The van der Waals surface area contributed by atoms with E-state index >= 15 is 0 Å². The average Bonchev–Trinajstić information content (AvgIpc) is 2.52. The van der Waals surface area contributed by atoms with Crippen molar-refractivity contribution in [2.45, 2.75) is 6.92 Å². The summed E-state index contributed by atoms with van der Waals surface area (Å²) in [5.74, 6) is -0.708. The lowest BCUT2D eigenvalue weighted by Crippen LogP contribution is -2.23. The molecule has 1 aromatic carbocycles. The number of nitriles is 1. The second kappa shape index (κ2) is 8.73. The third-order valence-corrected chi connectivity index (χ3v) is 3.19. The fraction of sp³-hybridized carbons (Fsp3) is 0.286. The molecule has 122 valence electrons. The van der Waals surface area contributed by atoms with Crippen molar-refractivity contribution in [3.8, 4) is 6.07 Å². The van der Waals surface area contributed by atoms with Crippen LogP contribution in [0.2, 0.25) is 5.02 Å². The highest BCUT2D eigenvalue weighted by molar-refractivity contribution is 6.32. The van der Waals surface area contributed by atoms with E-state index in [1.165, 1.54) is 18.3 Å². The Bertz CT molecular complexity index is 669. The zero-order valence-electron chi connectivity index (χ0n) is 12.3. The van der Waals surface area contributed by atoms with Crippen molar-refractivity contribution in [1.29, 1.82) is 5.26 Å². The number of hydrogen-bond acceptors (Lipinski definition) is 6. The van der Waals surface area contributed by atoms with Gasteiger partial charge in [-0.05, 0) is 19.1 Å². The van der Waals surface area contributed by atoms with Crippen LogP contribution in [0, 0.1) is 21.4 Å². The fourth-order valence-electron chi connectivity index (χ4n) is 1.69. The summed E-state index contributed by atoms with van der Waals surface area (Å²) in [7, 11) is 0. The normalized spacial score (nSPS) is 10.8. The molecule has 0 aromatic heterocycles. The van der Waals surface area contributed by atoms with Crippen LogP contribution in [-0.4, -0.2) is 40.5 Å². The van der Waals surface area contributed by atoms with Gasteiger partial charge in [-0.3, -0.25) is 14.9 Å². The third-order valence-electron chi connectivity index (χ3n) is 2.87. The monoisotopic (exact) mass is 338 g/mol. The van der Waals surface area contributed by atoms with Gasteiger partial charge >= 0.3 is 0 Å². The van der Waals surface area contributed by atoms with E-state index in [9.17, 15) is 14.9 Å². The summed E-state index contributed by atoms with van der Waals surface area (Å²) in [5, 5.41) is 31.2. The number of hydrogen-bond donors (Lipinski definition) is 2. The summed E-state index contributed by atoms with van der Waals surface area (Å²) in [6.45, 7) is 2.47. The van der Waals surface area contributed by atoms with Gasteiger partial charge < -0.3 is 15.3 Å². The lowest BCUT2D eigenvalue weighted by Gasteiger charge is -2.17. The van der Waals surface area contributed by atoms with E-state index in [0.29, 0.717) is 6.54 Å². The molecule has 0 aliphatic heterocycles. The quantitative estimate of drug-likeness (QED) is 0.339. The number of nitrogens with zero attached hydrogens (tertiary/aromatic N) is 3. The predicted molar refractivity (Wildman–Crippen MR) is 84.8 cm³/mol. The number of likely N-dealkylation sites (N-methyl/N-ethyl adjacent to an activating group) is 1. The van der Waals surface area contributed by atoms with E-state index in [2.05, 4.69) is 5.32 Å². The number of nitro benzene ring substituents is 1. The highest BCUT2D eigenvalue weighted by Crippen LogP contribution is 2.27. The SMILES string of the molecule is CCN(/C=C(/C#N)C(=O)Nc1ccc(Cl)c([N+](=O)[O-])c1)CCO. The Labute approximate surface area is 137 Å². The Balaban J connectivity index is 2.97. The summed E-state index contributed by atoms with van der Waals surface area (Å²) in [5.41, 5.74) is -0.377. The van der Waals surface area contributed by atoms with Gasteiger partial charge in [-0.15, -0.1) is 0 Å². The number of rotatable bonds is 7. The number of aliphatic hydroxyl groups is 1. The molecule has 0 saturated carbocycles. The van der Waals surface area contributed by atoms with Crippen molar-refractivity contribution in [3.63, 3.8) is 0 Å². The van der Waals surface area contributed by atoms with E-state index in [0.717, 1.165) is 6.07 Å². The van der Waals surface area contributed by atoms with Crippen LogP contribution < -0.4 is 5.32 Å². The van der Waals surface area contributed by atoms with Crippen molar-refractivity contribution in [2.75, 3.05) is 25.0 Å². The van der Waals surface area contributed by atoms with Gasteiger partial charge in [0.15, 0.2) is 0 Å². The van der Waals surface area contributed by atoms with E-state index in [4.69, 9.17) is 22.0 Å². The first-order chi connectivity index (χ1) is 10.9. The Morgan fingerprint density at radius 1 is 1.61 bits per heavy atom. The third kappa shape index (κ3) is 5.25. The maximum absolute atomic E-state index is 12.1. The number of aliphatic hydroxyl groups excluding tert-OH is 1. The van der Waals surface area contributed by atoms with Gasteiger partial charge in [0.05, 0.1) is 11.5 Å². The Morgan fingerprint density at radius 2 is 2.30 bits per heavy atom. The molecule has 8 nitrogen and oxygen atoms in total. The van der Waals surface area contributed by atoms with Gasteiger partial charge in [0, 0.05) is 31.0 Å². The van der Waals surface area contributed by atoms with E-state index in [-0.39, 0.29) is 35.1 Å². The van der Waals surface area contributed by atoms with Gasteiger partial charge in [-0.2, -0.15) is 5.26 Å². The molecule has 1 amide bonds. The summed E-state index contributed by atoms with van der Waals surface area (Å²) >= 11 is 5.69. The molecule has 1 aromatic rings. The highest BCUT2D eigenvalue weighted by atomic mass is 35.5. The Hall–Kier alpha value is -2.63. The molecule has 0 fully saturated rings. The number of anilines is 1. The first-order valence-corrected chi connectivity index (χ1v) is 7.02. The lowest BCUT2D eigenvalue weighted by molar-refractivity contribution is -0.384. The molecule has 0 heterocycles. The van der Waals surface area contributed by atoms with Crippen molar-refractivity contribution in [3.05, 3.63) is 45.1 Å². The van der Waals surface area contributed by atoms with E-state index < -0.39 is 10.8 Å². The molecule has 0 aliphatic carbocycles. The number of carbonyl (C=O) groups is 1. The van der Waals surface area contributed by atoms with Crippen LogP contribution in [0.25, 0.3) is 0 Å². The maximum Gasteiger partial charge on any atom is 0.289 e. The number of nitro groups is 1. The standard InChI is InChI=1S/C14H15ClN4O4/c1-2-18(5-6-20)9-10(8-16)14(21)17-11-3-4-12(15)13(7-11)19(22)23/h3-4,7,9,20H,2,5-6H2,1H3,(H,17,21)/b10-9-. The fourth-order valence-corrected chi connectivity index (χ4v) is 1.88. The van der Waals surface area contributed by atoms with Crippen molar-refractivity contribution < 1.29 is 14.8 Å². The van der Waals surface area contributed by atoms with Gasteiger partial charge in [0.25, 0.3) is 11.6 Å². The van der Waals surface area contributed by atoms with Gasteiger partial charge in [0.1, 0.15) is 16.7 Å². The molecule has 9 heteroatoms. The molecule has 0 atom stereocenters. The Morgan fingerprint density at radius 3 is 2.83 bits per heavy atom. The summed E-state index contributed by atoms with van der Waals surface area (Å²) in [6, 6.07) is 5.55. The molecule has 0 aliphatic rings. The average molecular weight is 339 g/mol. The van der Waals surface area contributed by atoms with Crippen LogP contribution in [0.15, 0.2) is 30.0 Å². The number of benzene rings is 1. The van der Waals surface area contributed by atoms with Crippen molar-refractivity contribution in [1.82, 2.24) is 4.90 Å². The van der Waals surface area contributed by atoms with Crippen molar-refractivity contribution in [2.24, 2.45) is 0 Å². The molecule has 0 spiro atoms. The molecule has 0 saturated heterocycles. The minimum absolute atomic E-state index is 0.0517. The molecule has 0 bridgehead atoms. The maximum atomic E-state index is 12.1. The molecular formula is C14H15ClN4O4. The van der Waals surface area contributed by atoms with Crippen LogP contribution in [0.3, 0.4) is 0 Å². The summed E-state index contributed by atoms with van der Waals surface area (Å²) in [6.07, 6.45) is 1.33. The first-order valence-electron chi connectivity index (χ1n) is 6.65. The molecular weight excluding hydrogens is 324 g/mol. The highest BCUT2D eigenvalue weighted by Gasteiger charge is 2.16. The van der Waals surface area contributed by atoms with Crippen LogP contribution in [-0.2, 0) is 4.79 Å². The van der Waals surface area contributed by atoms with E-state index in [1.54, 1.807) is 11.0 Å². The first kappa shape index (κ1) is 18.4. The topological polar surface area (TPSA) is 120 Å². The number of nitrogens with one attached hydrogen (secondary N) is 1. The molecule has 0 unspecified atom stereocenters. The second-order valence-electron chi connectivity index (χ2n) is 4.38. The zero-order valence-corrected chi connectivity index (χ0v) is 13.1. The van der Waals surface area contributed by atoms with Gasteiger partial charge in [-0.25, -0.2) is 0 Å². The minimum atomic E-state index is -0.708. The number of amides is 1. The van der Waals surface area contributed by atoms with Crippen LogP contribution in [0.4, 0.5) is 11.4 Å². The van der Waals surface area contributed by atoms with Crippen LogP contribution >= 0.6 is 11.6 Å². The largest absolute Gasteiger partial charge is 0.395 e. The summed E-state index contributed by atoms with van der Waals surface area (Å²) in [4.78, 5) is 23.8. The molecule has 2 N–H and O–H groups in total. The molecule has 1 rings (SSSR count). The van der Waals surface area contributed by atoms with Gasteiger partial charge in [0.2, 0.25) is 0 Å². The Kier molecular flexibility index (Phi) is 6.99. The van der Waals surface area contributed by atoms with Crippen molar-refractivity contribution >= 4 is 28.9 Å².